The molecule has 0 saturated carbocycles. The van der Waals surface area contributed by atoms with E-state index in [9.17, 15) is 4.79 Å². The van der Waals surface area contributed by atoms with Gasteiger partial charge in [0.15, 0.2) is 5.78 Å². The van der Waals surface area contributed by atoms with Gasteiger partial charge >= 0.3 is 0 Å². The van der Waals surface area contributed by atoms with Crippen molar-refractivity contribution in [1.29, 1.82) is 0 Å². The van der Waals surface area contributed by atoms with E-state index in [0.717, 1.165) is 18.4 Å². The molecule has 1 rings (SSSR count). The maximum atomic E-state index is 11.4. The van der Waals surface area contributed by atoms with E-state index < -0.39 is 0 Å². The first-order valence-electron chi connectivity index (χ1n) is 4.70. The minimum absolute atomic E-state index is 0.208. The van der Waals surface area contributed by atoms with E-state index in [1.807, 2.05) is 13.0 Å². The number of rotatable bonds is 2. The predicted octanol–water partition coefficient (Wildman–Crippen LogP) is 3.02. The Kier molecular flexibility index (Phi) is 3.78. The highest BCUT2D eigenvalue weighted by Crippen LogP contribution is 2.17. The molecule has 0 N–H and O–H groups in total. The van der Waals surface area contributed by atoms with Crippen molar-refractivity contribution in [2.24, 2.45) is 0 Å². The molecule has 0 aromatic heterocycles. The topological polar surface area (TPSA) is 17.1 Å². The molecule has 0 saturated heterocycles. The summed E-state index contributed by atoms with van der Waals surface area (Å²) in [6, 6.07) is 0. The van der Waals surface area contributed by atoms with Gasteiger partial charge in [-0.15, -0.1) is 0 Å². The first-order valence-corrected chi connectivity index (χ1v) is 4.70. The van der Waals surface area contributed by atoms with E-state index in [1.54, 1.807) is 6.08 Å². The van der Waals surface area contributed by atoms with Gasteiger partial charge < -0.3 is 0 Å². The summed E-state index contributed by atoms with van der Waals surface area (Å²) >= 11 is 0. The molecule has 1 aliphatic rings. The lowest BCUT2D eigenvalue weighted by atomic mass is 10.1. The smallest absolute Gasteiger partial charge is 0.181 e. The van der Waals surface area contributed by atoms with Crippen LogP contribution in [-0.2, 0) is 4.79 Å². The molecule has 1 aliphatic carbocycles. The second-order valence-corrected chi connectivity index (χ2v) is 3.19. The molecule has 0 amide bonds. The van der Waals surface area contributed by atoms with E-state index in [-0.39, 0.29) is 5.78 Å². The maximum absolute atomic E-state index is 11.4. The van der Waals surface area contributed by atoms with Crippen molar-refractivity contribution in [1.82, 2.24) is 0 Å². The van der Waals surface area contributed by atoms with Gasteiger partial charge in [0, 0.05) is 0 Å². The molecule has 0 aliphatic heterocycles. The highest BCUT2D eigenvalue weighted by molar-refractivity contribution is 6.03. The van der Waals surface area contributed by atoms with E-state index in [1.165, 1.54) is 19.3 Å². The molecule has 0 spiro atoms. The molecule has 0 fully saturated rings. The zero-order valence-corrected chi connectivity index (χ0v) is 7.68. The van der Waals surface area contributed by atoms with Crippen molar-refractivity contribution >= 4 is 5.78 Å². The van der Waals surface area contributed by atoms with E-state index in [0.29, 0.717) is 0 Å². The second-order valence-electron chi connectivity index (χ2n) is 3.19. The SMILES string of the molecule is C/C=C/C(=O)C1=CCCCCC1. The molecule has 0 bridgehead atoms. The highest BCUT2D eigenvalue weighted by atomic mass is 16.1. The summed E-state index contributed by atoms with van der Waals surface area (Å²) in [5.74, 6) is 0.208. The summed E-state index contributed by atoms with van der Waals surface area (Å²) in [5.41, 5.74) is 1.02. The minimum atomic E-state index is 0.208. The monoisotopic (exact) mass is 164 g/mol. The van der Waals surface area contributed by atoms with Crippen molar-refractivity contribution in [3.8, 4) is 0 Å². The summed E-state index contributed by atoms with van der Waals surface area (Å²) in [6.07, 6.45) is 11.3. The van der Waals surface area contributed by atoms with Gasteiger partial charge in [0.25, 0.3) is 0 Å². The van der Waals surface area contributed by atoms with Gasteiger partial charge in [0.1, 0.15) is 0 Å². The predicted molar refractivity (Wildman–Crippen MR) is 51.0 cm³/mol. The van der Waals surface area contributed by atoms with Crippen LogP contribution in [0.15, 0.2) is 23.8 Å². The van der Waals surface area contributed by atoms with Gasteiger partial charge in [-0.1, -0.05) is 18.6 Å². The first-order chi connectivity index (χ1) is 5.84. The lowest BCUT2D eigenvalue weighted by Crippen LogP contribution is -1.97. The van der Waals surface area contributed by atoms with Gasteiger partial charge in [-0.05, 0) is 44.3 Å². The molecule has 0 radical (unpaired) electrons. The number of hydrogen-bond donors (Lipinski definition) is 0. The first kappa shape index (κ1) is 9.24. The fourth-order valence-corrected chi connectivity index (χ4v) is 1.50. The van der Waals surface area contributed by atoms with Gasteiger partial charge in [0.05, 0.1) is 0 Å². The Hall–Kier alpha value is -0.850. The molecule has 66 valence electrons. The van der Waals surface area contributed by atoms with Crippen LogP contribution in [0.1, 0.15) is 39.0 Å². The van der Waals surface area contributed by atoms with Gasteiger partial charge in [-0.25, -0.2) is 0 Å². The third kappa shape index (κ3) is 2.65. The third-order valence-corrected chi connectivity index (χ3v) is 2.18. The molecule has 0 aromatic rings. The summed E-state index contributed by atoms with van der Waals surface area (Å²) in [7, 11) is 0. The third-order valence-electron chi connectivity index (χ3n) is 2.18. The lowest BCUT2D eigenvalue weighted by Gasteiger charge is -1.98. The van der Waals surface area contributed by atoms with Crippen molar-refractivity contribution in [2.45, 2.75) is 39.0 Å². The Morgan fingerprint density at radius 3 is 3.00 bits per heavy atom. The Morgan fingerprint density at radius 2 is 2.25 bits per heavy atom. The second kappa shape index (κ2) is 4.91. The van der Waals surface area contributed by atoms with E-state index >= 15 is 0 Å². The fourth-order valence-electron chi connectivity index (χ4n) is 1.50. The van der Waals surface area contributed by atoms with Crippen LogP contribution < -0.4 is 0 Å². The molecule has 0 heterocycles. The molecule has 1 nitrogen and oxygen atoms in total. The van der Waals surface area contributed by atoms with Crippen LogP contribution in [0.4, 0.5) is 0 Å². The van der Waals surface area contributed by atoms with Crippen LogP contribution in [-0.4, -0.2) is 5.78 Å². The number of ketones is 1. The minimum Gasteiger partial charge on any atom is -0.290 e. The zero-order chi connectivity index (χ0) is 8.81. The molecule has 0 aromatic carbocycles. The molecular formula is C11H16O. The van der Waals surface area contributed by atoms with Crippen LogP contribution in [0.2, 0.25) is 0 Å². The Morgan fingerprint density at radius 1 is 1.42 bits per heavy atom. The quantitative estimate of drug-likeness (QED) is 0.573. The average Bonchev–Trinajstić information content (AvgIpc) is 2.32. The summed E-state index contributed by atoms with van der Waals surface area (Å²) < 4.78 is 0. The van der Waals surface area contributed by atoms with E-state index in [2.05, 4.69) is 6.08 Å². The molecule has 12 heavy (non-hydrogen) atoms. The Balaban J connectivity index is 2.59. The van der Waals surface area contributed by atoms with Gasteiger partial charge in [0.2, 0.25) is 0 Å². The number of allylic oxidation sites excluding steroid dienone is 4. The van der Waals surface area contributed by atoms with Gasteiger partial charge in [-0.2, -0.15) is 0 Å². The molecular weight excluding hydrogens is 148 g/mol. The van der Waals surface area contributed by atoms with Crippen LogP contribution in [0.25, 0.3) is 0 Å². The van der Waals surface area contributed by atoms with Crippen molar-refractivity contribution < 1.29 is 4.79 Å². The van der Waals surface area contributed by atoms with Crippen molar-refractivity contribution in [3.05, 3.63) is 23.8 Å². The van der Waals surface area contributed by atoms with Crippen molar-refractivity contribution in [2.75, 3.05) is 0 Å². The van der Waals surface area contributed by atoms with E-state index in [4.69, 9.17) is 0 Å². The number of carbonyl (C=O) groups is 1. The standard InChI is InChI=1S/C11H16O/c1-2-7-11(12)10-8-5-3-4-6-9-10/h2,7-8H,3-6,9H2,1H3/b7-2+. The largest absolute Gasteiger partial charge is 0.290 e. The van der Waals surface area contributed by atoms with Gasteiger partial charge in [-0.3, -0.25) is 4.79 Å². The van der Waals surface area contributed by atoms with Crippen LogP contribution in [0.5, 0.6) is 0 Å². The molecule has 1 heteroatoms. The molecule has 0 atom stereocenters. The van der Waals surface area contributed by atoms with Crippen LogP contribution in [0, 0.1) is 0 Å². The summed E-state index contributed by atoms with van der Waals surface area (Å²) in [5, 5.41) is 0. The number of hydrogen-bond acceptors (Lipinski definition) is 1. The van der Waals surface area contributed by atoms with Crippen LogP contribution in [0.3, 0.4) is 0 Å². The molecule has 0 unspecified atom stereocenters. The maximum Gasteiger partial charge on any atom is 0.181 e. The highest BCUT2D eigenvalue weighted by Gasteiger charge is 2.07. The fraction of sp³-hybridized carbons (Fsp3) is 0.545. The average molecular weight is 164 g/mol. The Labute approximate surface area is 74.2 Å². The van der Waals surface area contributed by atoms with Crippen LogP contribution >= 0.6 is 0 Å². The number of carbonyl (C=O) groups excluding carboxylic acids is 1. The normalized spacial score (nSPS) is 18.9. The lowest BCUT2D eigenvalue weighted by molar-refractivity contribution is -0.111. The summed E-state index contributed by atoms with van der Waals surface area (Å²) in [4.78, 5) is 11.4. The van der Waals surface area contributed by atoms with Crippen molar-refractivity contribution in [3.63, 3.8) is 0 Å². The summed E-state index contributed by atoms with van der Waals surface area (Å²) in [6.45, 7) is 1.88. The zero-order valence-electron chi connectivity index (χ0n) is 7.68. The Bertz CT molecular complexity index is 211.